The van der Waals surface area contributed by atoms with Crippen molar-refractivity contribution in [3.05, 3.63) is 60.0 Å². The summed E-state index contributed by atoms with van der Waals surface area (Å²) in [6.45, 7) is 7.82. The lowest BCUT2D eigenvalue weighted by Gasteiger charge is -2.24. The second-order valence-corrected chi connectivity index (χ2v) is 7.47. The van der Waals surface area contributed by atoms with E-state index in [9.17, 15) is 4.79 Å². The molecule has 3 rings (SSSR count). The molecule has 26 heavy (non-hydrogen) atoms. The van der Waals surface area contributed by atoms with E-state index in [1.54, 1.807) is 19.1 Å². The first-order valence-corrected chi connectivity index (χ1v) is 8.25. The van der Waals surface area contributed by atoms with Gasteiger partial charge in [-0.25, -0.2) is 4.98 Å². The molecule has 0 radical (unpaired) electrons. The van der Waals surface area contributed by atoms with E-state index >= 15 is 0 Å². The molecule has 1 unspecified atom stereocenters. The molecule has 0 fully saturated rings. The van der Waals surface area contributed by atoms with Crippen LogP contribution in [0.15, 0.2) is 52.9 Å². The second kappa shape index (κ2) is 7.09. The summed E-state index contributed by atoms with van der Waals surface area (Å²) in [5, 5.41) is 2.88. The van der Waals surface area contributed by atoms with Crippen LogP contribution in [-0.2, 0) is 15.7 Å². The van der Waals surface area contributed by atoms with Crippen LogP contribution in [0.5, 0.6) is 0 Å². The third-order valence-corrected chi connectivity index (χ3v) is 4.13. The van der Waals surface area contributed by atoms with E-state index in [0.29, 0.717) is 22.7 Å². The summed E-state index contributed by atoms with van der Waals surface area (Å²) in [4.78, 5) is 17.2. The minimum absolute atomic E-state index is 0. The van der Waals surface area contributed by atoms with Crippen LogP contribution in [-0.4, -0.2) is 10.9 Å². The van der Waals surface area contributed by atoms with Gasteiger partial charge in [-0.05, 0) is 30.7 Å². The molecule has 138 valence electrons. The Labute approximate surface area is 159 Å². The van der Waals surface area contributed by atoms with Crippen molar-refractivity contribution in [3.63, 3.8) is 0 Å². The van der Waals surface area contributed by atoms with Gasteiger partial charge in [0.2, 0.25) is 11.8 Å². The Morgan fingerprint density at radius 3 is 2.35 bits per heavy atom. The van der Waals surface area contributed by atoms with Crippen LogP contribution in [0.3, 0.4) is 0 Å². The summed E-state index contributed by atoms with van der Waals surface area (Å²) in [5.41, 5.74) is 7.75. The molecule has 1 amide bonds. The van der Waals surface area contributed by atoms with Gasteiger partial charge in [-0.15, -0.1) is 12.4 Å². The van der Waals surface area contributed by atoms with E-state index in [2.05, 4.69) is 10.3 Å². The lowest BCUT2D eigenvalue weighted by molar-refractivity contribution is -0.120. The van der Waals surface area contributed by atoms with Crippen LogP contribution in [0.2, 0.25) is 0 Å². The summed E-state index contributed by atoms with van der Waals surface area (Å²) < 4.78 is 5.78. The molecular formula is C20H24ClN3O2. The van der Waals surface area contributed by atoms with Gasteiger partial charge in [-0.3, -0.25) is 4.79 Å². The molecule has 3 aromatic rings. The summed E-state index contributed by atoms with van der Waals surface area (Å²) in [7, 11) is 0. The number of fused-ring (bicyclic) bond motifs is 1. The van der Waals surface area contributed by atoms with Crippen molar-refractivity contribution in [2.75, 3.05) is 5.32 Å². The molecule has 0 saturated carbocycles. The normalized spacial score (nSPS) is 13.7. The van der Waals surface area contributed by atoms with E-state index in [1.807, 2.05) is 57.2 Å². The first-order chi connectivity index (χ1) is 11.7. The zero-order chi connectivity index (χ0) is 18.2. The Morgan fingerprint density at radius 1 is 1.08 bits per heavy atom. The van der Waals surface area contributed by atoms with Gasteiger partial charge in [-0.1, -0.05) is 51.1 Å². The Balaban J connectivity index is 0.00000243. The predicted molar refractivity (Wildman–Crippen MR) is 107 cm³/mol. The highest BCUT2D eigenvalue weighted by atomic mass is 35.5. The molecule has 0 aliphatic carbocycles. The molecule has 2 aromatic carbocycles. The van der Waals surface area contributed by atoms with Gasteiger partial charge in [0.1, 0.15) is 11.1 Å². The molecule has 1 heterocycles. The Kier molecular flexibility index (Phi) is 5.44. The predicted octanol–water partition coefficient (Wildman–Crippen LogP) is 4.36. The van der Waals surface area contributed by atoms with Gasteiger partial charge in [-0.2, -0.15) is 0 Å². The maximum absolute atomic E-state index is 12.7. The lowest BCUT2D eigenvalue weighted by Crippen LogP contribution is -2.45. The first kappa shape index (κ1) is 19.9. The van der Waals surface area contributed by atoms with E-state index in [0.717, 1.165) is 5.56 Å². The molecule has 5 nitrogen and oxygen atoms in total. The van der Waals surface area contributed by atoms with E-state index in [1.165, 1.54) is 0 Å². The van der Waals surface area contributed by atoms with Gasteiger partial charge in [0.25, 0.3) is 0 Å². The number of amides is 1. The van der Waals surface area contributed by atoms with Gasteiger partial charge < -0.3 is 15.5 Å². The molecule has 3 N–H and O–H groups in total. The van der Waals surface area contributed by atoms with Gasteiger partial charge in [0.05, 0.1) is 0 Å². The summed E-state index contributed by atoms with van der Waals surface area (Å²) in [6.07, 6.45) is 0. The zero-order valence-corrected chi connectivity index (χ0v) is 16.2. The first-order valence-electron chi connectivity index (χ1n) is 8.25. The monoisotopic (exact) mass is 373 g/mol. The number of hydrogen-bond donors (Lipinski definition) is 2. The number of nitrogens with one attached hydrogen (secondary N) is 1. The Hall–Kier alpha value is -2.37. The average Bonchev–Trinajstić information content (AvgIpc) is 2.99. The number of nitrogens with two attached hydrogens (primary N) is 1. The number of nitrogens with zero attached hydrogens (tertiary/aromatic N) is 1. The van der Waals surface area contributed by atoms with Gasteiger partial charge in [0.15, 0.2) is 5.58 Å². The van der Waals surface area contributed by atoms with Crippen LogP contribution in [0.25, 0.3) is 11.1 Å². The molecular weight excluding hydrogens is 350 g/mol. The molecule has 0 bridgehead atoms. The summed E-state index contributed by atoms with van der Waals surface area (Å²) in [6, 6.07) is 14.7. The number of hydrogen-bond acceptors (Lipinski definition) is 4. The molecule has 6 heteroatoms. The number of halogens is 1. The third kappa shape index (κ3) is 3.89. The van der Waals surface area contributed by atoms with Gasteiger partial charge >= 0.3 is 0 Å². The van der Waals surface area contributed by atoms with Crippen molar-refractivity contribution >= 4 is 35.1 Å². The van der Waals surface area contributed by atoms with Crippen LogP contribution in [0, 0.1) is 0 Å². The second-order valence-electron chi connectivity index (χ2n) is 7.47. The highest BCUT2D eigenvalue weighted by Crippen LogP contribution is 2.28. The maximum Gasteiger partial charge on any atom is 0.248 e. The van der Waals surface area contributed by atoms with Crippen molar-refractivity contribution in [2.45, 2.75) is 38.6 Å². The minimum Gasteiger partial charge on any atom is -0.440 e. The Morgan fingerprint density at radius 2 is 1.73 bits per heavy atom. The van der Waals surface area contributed by atoms with Crippen molar-refractivity contribution < 1.29 is 9.21 Å². The number of anilines is 1. The topological polar surface area (TPSA) is 81.2 Å². The average molecular weight is 374 g/mol. The molecule has 0 spiro atoms. The largest absolute Gasteiger partial charge is 0.440 e. The zero-order valence-electron chi connectivity index (χ0n) is 15.4. The van der Waals surface area contributed by atoms with Crippen LogP contribution in [0.4, 0.5) is 5.69 Å². The van der Waals surface area contributed by atoms with Crippen molar-refractivity contribution in [2.24, 2.45) is 5.73 Å². The molecule has 0 aliphatic rings. The summed E-state index contributed by atoms with van der Waals surface area (Å²) >= 11 is 0. The van der Waals surface area contributed by atoms with Crippen LogP contribution >= 0.6 is 12.4 Å². The van der Waals surface area contributed by atoms with E-state index in [4.69, 9.17) is 10.2 Å². The number of oxazole rings is 1. The lowest BCUT2D eigenvalue weighted by atomic mass is 9.92. The SMILES string of the molecule is CC(C)(C)c1nc2cc(NC(=O)C(C)(N)c3ccccc3)ccc2o1.Cl. The highest BCUT2D eigenvalue weighted by Gasteiger charge is 2.30. The number of carbonyl (C=O) groups excluding carboxylic acids is 1. The van der Waals surface area contributed by atoms with Crippen molar-refractivity contribution in [1.82, 2.24) is 4.98 Å². The smallest absolute Gasteiger partial charge is 0.248 e. The maximum atomic E-state index is 12.7. The Bertz CT molecular complexity index is 912. The fourth-order valence-corrected chi connectivity index (χ4v) is 2.50. The quantitative estimate of drug-likeness (QED) is 0.714. The number of rotatable bonds is 3. The molecule has 1 aromatic heterocycles. The van der Waals surface area contributed by atoms with Gasteiger partial charge in [0, 0.05) is 11.1 Å². The fraction of sp³-hybridized carbons (Fsp3) is 0.300. The minimum atomic E-state index is -1.13. The standard InChI is InChI=1S/C20H23N3O2.ClH/c1-19(2,3)18-23-15-12-14(10-11-16(15)25-18)22-17(24)20(4,21)13-8-6-5-7-9-13;/h5-12H,21H2,1-4H3,(H,22,24);1H. The molecule has 1 atom stereocenters. The van der Waals surface area contributed by atoms with Crippen LogP contribution in [0.1, 0.15) is 39.1 Å². The molecule has 0 saturated heterocycles. The third-order valence-electron chi connectivity index (χ3n) is 4.13. The molecule has 0 aliphatic heterocycles. The van der Waals surface area contributed by atoms with Crippen molar-refractivity contribution in [1.29, 1.82) is 0 Å². The van der Waals surface area contributed by atoms with Crippen molar-refractivity contribution in [3.8, 4) is 0 Å². The van der Waals surface area contributed by atoms with E-state index in [-0.39, 0.29) is 23.7 Å². The number of aromatic nitrogens is 1. The summed E-state index contributed by atoms with van der Waals surface area (Å²) in [5.74, 6) is 0.386. The number of benzene rings is 2. The van der Waals surface area contributed by atoms with Crippen LogP contribution < -0.4 is 11.1 Å². The van der Waals surface area contributed by atoms with E-state index < -0.39 is 5.54 Å². The highest BCUT2D eigenvalue weighted by molar-refractivity contribution is 5.99. The fourth-order valence-electron chi connectivity index (χ4n) is 2.50. The number of carbonyl (C=O) groups is 1.